The average Bonchev–Trinajstić information content (AvgIpc) is 3.32. The van der Waals surface area contributed by atoms with E-state index in [0.717, 1.165) is 33.4 Å². The number of carbonyl (C=O) groups is 1. The Morgan fingerprint density at radius 1 is 1.03 bits per heavy atom. The van der Waals surface area contributed by atoms with E-state index in [0.29, 0.717) is 5.69 Å². The number of benzene rings is 2. The molecular weight excluding hydrogens is 480 g/mol. The zero-order valence-electron chi connectivity index (χ0n) is 17.4. The number of nitrogens with one attached hydrogen (secondary N) is 1. The molecule has 1 aliphatic heterocycles. The standard InChI is InChI=1S/C21H18F4N4O4S/c22-17-6-3-15(13-18(17)34(31,32)28-9-11-33-12-10-28)26-20(30)14-1-4-16(5-2-14)29-8-7-19(27-29)21(23,24)25/h1-8,13H,9-12H2,(H,26,30). The van der Waals surface area contributed by atoms with Crippen LogP contribution in [0.15, 0.2) is 59.6 Å². The van der Waals surface area contributed by atoms with Crippen LogP contribution in [0, 0.1) is 5.82 Å². The first kappa shape index (κ1) is 23.9. The number of nitrogens with zero attached hydrogens (tertiary/aromatic N) is 3. The first-order valence-corrected chi connectivity index (χ1v) is 11.4. The number of morpholine rings is 1. The molecule has 1 amide bonds. The minimum absolute atomic E-state index is 0.0595. The van der Waals surface area contributed by atoms with E-state index in [1.54, 1.807) is 0 Å². The minimum Gasteiger partial charge on any atom is -0.379 e. The van der Waals surface area contributed by atoms with Crippen molar-refractivity contribution in [2.24, 2.45) is 0 Å². The van der Waals surface area contributed by atoms with E-state index in [4.69, 9.17) is 4.74 Å². The van der Waals surface area contributed by atoms with Crippen LogP contribution in [0.1, 0.15) is 16.1 Å². The van der Waals surface area contributed by atoms with Gasteiger partial charge in [0.2, 0.25) is 10.0 Å². The van der Waals surface area contributed by atoms with Crippen LogP contribution in [0.3, 0.4) is 0 Å². The lowest BCUT2D eigenvalue weighted by molar-refractivity contribution is -0.141. The number of hydrogen-bond acceptors (Lipinski definition) is 5. The van der Waals surface area contributed by atoms with Crippen molar-refractivity contribution in [3.63, 3.8) is 0 Å². The van der Waals surface area contributed by atoms with Crippen LogP contribution in [0.25, 0.3) is 5.69 Å². The second kappa shape index (κ2) is 9.16. The van der Waals surface area contributed by atoms with Gasteiger partial charge < -0.3 is 10.1 Å². The molecule has 1 saturated heterocycles. The Hall–Kier alpha value is -3.29. The highest BCUT2D eigenvalue weighted by Gasteiger charge is 2.33. The summed E-state index contributed by atoms with van der Waals surface area (Å²) in [6.07, 6.45) is -3.43. The third kappa shape index (κ3) is 4.95. The van der Waals surface area contributed by atoms with Gasteiger partial charge in [0.25, 0.3) is 5.91 Å². The summed E-state index contributed by atoms with van der Waals surface area (Å²) in [5, 5.41) is 5.96. The second-order valence-electron chi connectivity index (χ2n) is 7.31. The SMILES string of the molecule is O=C(Nc1ccc(F)c(S(=O)(=O)N2CCOCC2)c1)c1ccc(-n2ccc(C(F)(F)F)n2)cc1. The Labute approximate surface area is 191 Å². The number of anilines is 1. The largest absolute Gasteiger partial charge is 0.435 e. The maximum absolute atomic E-state index is 14.3. The van der Waals surface area contributed by atoms with Crippen LogP contribution in [-0.2, 0) is 20.9 Å². The number of hydrogen-bond donors (Lipinski definition) is 1. The monoisotopic (exact) mass is 498 g/mol. The number of alkyl halides is 3. The molecule has 0 saturated carbocycles. The summed E-state index contributed by atoms with van der Waals surface area (Å²) in [6, 6.07) is 9.59. The molecule has 3 aromatic rings. The summed E-state index contributed by atoms with van der Waals surface area (Å²) in [4.78, 5) is 12.0. The van der Waals surface area contributed by atoms with Gasteiger partial charge in [-0.25, -0.2) is 17.5 Å². The molecule has 0 unspecified atom stereocenters. The Morgan fingerprint density at radius 2 is 1.71 bits per heavy atom. The number of aromatic nitrogens is 2. The first-order chi connectivity index (χ1) is 16.1. The Balaban J connectivity index is 1.51. The van der Waals surface area contributed by atoms with Gasteiger partial charge in [-0.05, 0) is 48.5 Å². The van der Waals surface area contributed by atoms with E-state index in [1.165, 1.54) is 30.3 Å². The van der Waals surface area contributed by atoms with E-state index in [-0.39, 0.29) is 37.6 Å². The van der Waals surface area contributed by atoms with Crippen molar-refractivity contribution >= 4 is 21.6 Å². The lowest BCUT2D eigenvalue weighted by Gasteiger charge is -2.26. The third-order valence-electron chi connectivity index (χ3n) is 5.05. The quantitative estimate of drug-likeness (QED) is 0.545. The Kier molecular flexibility index (Phi) is 6.43. The molecule has 2 aromatic carbocycles. The fraction of sp³-hybridized carbons (Fsp3) is 0.238. The third-order valence-corrected chi connectivity index (χ3v) is 6.96. The van der Waals surface area contributed by atoms with Crippen molar-refractivity contribution in [1.29, 1.82) is 0 Å². The highest BCUT2D eigenvalue weighted by atomic mass is 32.2. The minimum atomic E-state index is -4.58. The summed E-state index contributed by atoms with van der Waals surface area (Å²) in [7, 11) is -4.12. The second-order valence-corrected chi connectivity index (χ2v) is 9.21. The number of amides is 1. The van der Waals surface area contributed by atoms with Crippen molar-refractivity contribution < 1.29 is 35.5 Å². The summed E-state index contributed by atoms with van der Waals surface area (Å²) in [6.45, 7) is 0.573. The van der Waals surface area contributed by atoms with Crippen molar-refractivity contribution in [2.75, 3.05) is 31.6 Å². The van der Waals surface area contributed by atoms with E-state index >= 15 is 0 Å². The highest BCUT2D eigenvalue weighted by Crippen LogP contribution is 2.28. The van der Waals surface area contributed by atoms with E-state index in [9.17, 15) is 30.8 Å². The average molecular weight is 498 g/mol. The van der Waals surface area contributed by atoms with Gasteiger partial charge in [0.15, 0.2) is 5.69 Å². The van der Waals surface area contributed by atoms with Crippen LogP contribution in [0.5, 0.6) is 0 Å². The lowest BCUT2D eigenvalue weighted by atomic mass is 10.2. The fourth-order valence-electron chi connectivity index (χ4n) is 3.29. The number of carbonyl (C=O) groups excluding carboxylic acids is 1. The zero-order valence-corrected chi connectivity index (χ0v) is 18.2. The lowest BCUT2D eigenvalue weighted by Crippen LogP contribution is -2.40. The summed E-state index contributed by atoms with van der Waals surface area (Å²) in [5.74, 6) is -1.57. The predicted octanol–water partition coefficient (Wildman–Crippen LogP) is 3.30. The van der Waals surface area contributed by atoms with Crippen molar-refractivity contribution in [1.82, 2.24) is 14.1 Å². The molecule has 0 aliphatic carbocycles. The highest BCUT2D eigenvalue weighted by molar-refractivity contribution is 7.89. The van der Waals surface area contributed by atoms with Gasteiger partial charge in [-0.3, -0.25) is 4.79 Å². The van der Waals surface area contributed by atoms with E-state index in [1.807, 2.05) is 0 Å². The number of sulfonamides is 1. The molecule has 180 valence electrons. The molecule has 0 bridgehead atoms. The maximum Gasteiger partial charge on any atom is 0.435 e. The molecule has 1 aromatic heterocycles. The number of rotatable bonds is 5. The van der Waals surface area contributed by atoms with Crippen molar-refractivity contribution in [2.45, 2.75) is 11.1 Å². The molecule has 0 radical (unpaired) electrons. The van der Waals surface area contributed by atoms with Crippen LogP contribution in [-0.4, -0.2) is 54.7 Å². The van der Waals surface area contributed by atoms with E-state index < -0.39 is 38.5 Å². The molecule has 1 fully saturated rings. The normalized spacial score (nSPS) is 15.3. The summed E-state index contributed by atoms with van der Waals surface area (Å²) in [5.41, 5.74) is -0.542. The molecule has 13 heteroatoms. The number of ether oxygens (including phenoxy) is 1. The van der Waals surface area contributed by atoms with Gasteiger partial charge in [-0.2, -0.15) is 22.6 Å². The van der Waals surface area contributed by atoms with Gasteiger partial charge in [-0.15, -0.1) is 0 Å². The van der Waals surface area contributed by atoms with Gasteiger partial charge in [0.05, 0.1) is 18.9 Å². The van der Waals surface area contributed by atoms with Gasteiger partial charge in [0, 0.05) is 30.5 Å². The molecule has 1 N–H and O–H groups in total. The number of halogens is 4. The van der Waals surface area contributed by atoms with Crippen molar-refractivity contribution in [3.05, 3.63) is 71.8 Å². The molecule has 0 atom stereocenters. The molecule has 8 nitrogen and oxygen atoms in total. The topological polar surface area (TPSA) is 93.5 Å². The molecular formula is C21H18F4N4O4S. The van der Waals surface area contributed by atoms with Gasteiger partial charge in [-0.1, -0.05) is 0 Å². The van der Waals surface area contributed by atoms with Crippen LogP contribution in [0.4, 0.5) is 23.2 Å². The molecule has 4 rings (SSSR count). The smallest absolute Gasteiger partial charge is 0.379 e. The molecule has 34 heavy (non-hydrogen) atoms. The zero-order chi connectivity index (χ0) is 24.5. The predicted molar refractivity (Wildman–Crippen MR) is 112 cm³/mol. The van der Waals surface area contributed by atoms with Crippen LogP contribution >= 0.6 is 0 Å². The maximum atomic E-state index is 14.3. The molecule has 0 spiro atoms. The molecule has 1 aliphatic rings. The van der Waals surface area contributed by atoms with Crippen LogP contribution in [0.2, 0.25) is 0 Å². The fourth-order valence-corrected chi connectivity index (χ4v) is 4.79. The van der Waals surface area contributed by atoms with Gasteiger partial charge >= 0.3 is 6.18 Å². The Morgan fingerprint density at radius 3 is 2.32 bits per heavy atom. The summed E-state index contributed by atoms with van der Waals surface area (Å²) >= 11 is 0. The Bertz CT molecular complexity index is 1300. The van der Waals surface area contributed by atoms with Gasteiger partial charge in [0.1, 0.15) is 10.7 Å². The van der Waals surface area contributed by atoms with E-state index in [2.05, 4.69) is 10.4 Å². The first-order valence-electron chi connectivity index (χ1n) is 9.98. The molecule has 2 heterocycles. The van der Waals surface area contributed by atoms with Crippen molar-refractivity contribution in [3.8, 4) is 5.69 Å². The van der Waals surface area contributed by atoms with Crippen LogP contribution < -0.4 is 5.32 Å². The summed E-state index contributed by atoms with van der Waals surface area (Å²) < 4.78 is 85.4.